The van der Waals surface area contributed by atoms with E-state index < -0.39 is 0 Å². The van der Waals surface area contributed by atoms with Gasteiger partial charge in [-0.3, -0.25) is 9.69 Å². The molecular weight excluding hydrogens is 392 g/mol. The highest BCUT2D eigenvalue weighted by Crippen LogP contribution is 2.29. The maximum Gasteiger partial charge on any atom is 0.234 e. The lowest BCUT2D eigenvalue weighted by molar-refractivity contribution is -0.122. The van der Waals surface area contributed by atoms with Crippen LogP contribution in [-0.2, 0) is 11.3 Å². The van der Waals surface area contributed by atoms with Crippen LogP contribution in [-0.4, -0.2) is 67.1 Å². The number of carbonyl (C=O) groups is 1. The molecule has 3 N–H and O–H groups in total. The predicted octanol–water partition coefficient (Wildman–Crippen LogP) is 1.92. The van der Waals surface area contributed by atoms with Crippen LogP contribution in [0.3, 0.4) is 0 Å². The molecule has 2 heterocycles. The van der Waals surface area contributed by atoms with E-state index in [0.717, 1.165) is 63.6 Å². The number of likely N-dealkylation sites (tertiary alicyclic amines) is 1. The molecule has 0 atom stereocenters. The summed E-state index contributed by atoms with van der Waals surface area (Å²) in [6.45, 7) is 9.39. The Hall–Kier alpha value is -2.35. The number of aliphatic imine (C=N–C) groups is 1. The van der Waals surface area contributed by atoms with Gasteiger partial charge in [-0.15, -0.1) is 0 Å². The zero-order chi connectivity index (χ0) is 21.9. The molecule has 1 aromatic rings. The lowest BCUT2D eigenvalue weighted by atomic mass is 10.1. The molecule has 0 bridgehead atoms. The van der Waals surface area contributed by atoms with E-state index in [1.165, 1.54) is 12.8 Å². The van der Waals surface area contributed by atoms with E-state index in [-0.39, 0.29) is 5.91 Å². The van der Waals surface area contributed by atoms with Gasteiger partial charge in [0.1, 0.15) is 0 Å². The topological polar surface area (TPSA) is 90.9 Å². The number of aromatic nitrogens is 1. The minimum Gasteiger partial charge on any atom is -0.477 e. The number of ether oxygens (including phenoxy) is 1. The van der Waals surface area contributed by atoms with Gasteiger partial charge in [0.2, 0.25) is 11.8 Å². The van der Waals surface area contributed by atoms with Crippen LogP contribution in [0.15, 0.2) is 23.3 Å². The van der Waals surface area contributed by atoms with Crippen LogP contribution in [0.2, 0.25) is 0 Å². The van der Waals surface area contributed by atoms with E-state index in [1.54, 1.807) is 6.20 Å². The second kappa shape index (κ2) is 12.5. The van der Waals surface area contributed by atoms with Crippen LogP contribution in [0.5, 0.6) is 5.88 Å². The fourth-order valence-corrected chi connectivity index (χ4v) is 3.56. The summed E-state index contributed by atoms with van der Waals surface area (Å²) in [5.74, 6) is 2.36. The monoisotopic (exact) mass is 430 g/mol. The van der Waals surface area contributed by atoms with Crippen molar-refractivity contribution in [3.05, 3.63) is 23.9 Å². The molecule has 1 aliphatic heterocycles. The summed E-state index contributed by atoms with van der Waals surface area (Å²) in [7, 11) is 0. The first-order chi connectivity index (χ1) is 15.2. The van der Waals surface area contributed by atoms with Crippen molar-refractivity contribution in [1.82, 2.24) is 25.8 Å². The summed E-state index contributed by atoms with van der Waals surface area (Å²) >= 11 is 0. The average Bonchev–Trinajstić information content (AvgIpc) is 3.61. The smallest absolute Gasteiger partial charge is 0.234 e. The van der Waals surface area contributed by atoms with Crippen LogP contribution in [0.1, 0.15) is 51.5 Å². The Balaban J connectivity index is 1.44. The third-order valence-electron chi connectivity index (χ3n) is 5.59. The van der Waals surface area contributed by atoms with Crippen LogP contribution in [0, 0.1) is 5.92 Å². The van der Waals surface area contributed by atoms with Crippen molar-refractivity contribution >= 4 is 11.9 Å². The van der Waals surface area contributed by atoms with Gasteiger partial charge in [-0.1, -0.05) is 6.92 Å². The Bertz CT molecular complexity index is 714. The second-order valence-corrected chi connectivity index (χ2v) is 8.50. The minimum atomic E-state index is 0.126. The number of nitrogens with one attached hydrogen (secondary N) is 3. The Morgan fingerprint density at radius 3 is 2.74 bits per heavy atom. The molecule has 1 saturated heterocycles. The molecule has 172 valence electrons. The van der Waals surface area contributed by atoms with Gasteiger partial charge in [-0.05, 0) is 56.6 Å². The van der Waals surface area contributed by atoms with E-state index >= 15 is 0 Å². The van der Waals surface area contributed by atoms with Crippen molar-refractivity contribution in [2.24, 2.45) is 10.9 Å². The molecule has 0 radical (unpaired) electrons. The quantitative estimate of drug-likeness (QED) is 0.367. The molecular formula is C23H38N6O2. The second-order valence-electron chi connectivity index (χ2n) is 8.50. The van der Waals surface area contributed by atoms with Crippen LogP contribution in [0.25, 0.3) is 0 Å². The lowest BCUT2D eigenvalue weighted by Crippen LogP contribution is -2.50. The highest BCUT2D eigenvalue weighted by atomic mass is 16.5. The first-order valence-electron chi connectivity index (χ1n) is 11.8. The normalized spacial score (nSPS) is 17.9. The molecule has 1 aromatic heterocycles. The summed E-state index contributed by atoms with van der Waals surface area (Å²) in [6, 6.07) is 4.33. The Morgan fingerprint density at radius 2 is 2.03 bits per heavy atom. The van der Waals surface area contributed by atoms with E-state index in [9.17, 15) is 4.79 Å². The SMILES string of the molecule is CCCNC(=O)CN1CCC(NC(=NCc2ccnc(OCC3CC3)c2)NCC)CC1. The molecule has 31 heavy (non-hydrogen) atoms. The molecule has 0 unspecified atom stereocenters. The Labute approximate surface area is 186 Å². The van der Waals surface area contributed by atoms with Crippen LogP contribution < -0.4 is 20.7 Å². The van der Waals surface area contributed by atoms with Gasteiger partial charge < -0.3 is 20.7 Å². The summed E-state index contributed by atoms with van der Waals surface area (Å²) in [5.41, 5.74) is 1.09. The molecule has 3 rings (SSSR count). The molecule has 1 aliphatic carbocycles. The summed E-state index contributed by atoms with van der Waals surface area (Å²) in [6.07, 6.45) is 7.30. The first kappa shape index (κ1) is 23.3. The number of piperidine rings is 1. The average molecular weight is 431 g/mol. The van der Waals surface area contributed by atoms with Gasteiger partial charge in [0.05, 0.1) is 19.7 Å². The number of carbonyl (C=O) groups excluding carboxylic acids is 1. The zero-order valence-corrected chi connectivity index (χ0v) is 19.0. The summed E-state index contributed by atoms with van der Waals surface area (Å²) < 4.78 is 5.78. The van der Waals surface area contributed by atoms with Crippen molar-refractivity contribution in [3.8, 4) is 5.88 Å². The molecule has 1 saturated carbocycles. The van der Waals surface area contributed by atoms with Gasteiger partial charge in [-0.2, -0.15) is 0 Å². The number of pyridine rings is 1. The predicted molar refractivity (Wildman–Crippen MR) is 123 cm³/mol. The van der Waals surface area contributed by atoms with Gasteiger partial charge in [-0.25, -0.2) is 9.98 Å². The van der Waals surface area contributed by atoms with Crippen LogP contribution >= 0.6 is 0 Å². The van der Waals surface area contributed by atoms with Gasteiger partial charge in [0.15, 0.2) is 5.96 Å². The third kappa shape index (κ3) is 8.73. The molecule has 0 aromatic carbocycles. The molecule has 2 aliphatic rings. The molecule has 2 fully saturated rings. The van der Waals surface area contributed by atoms with Crippen molar-refractivity contribution < 1.29 is 9.53 Å². The van der Waals surface area contributed by atoms with Crippen molar-refractivity contribution in [2.45, 2.75) is 58.5 Å². The maximum absolute atomic E-state index is 11.9. The first-order valence-corrected chi connectivity index (χ1v) is 11.8. The largest absolute Gasteiger partial charge is 0.477 e. The number of hydrogen-bond donors (Lipinski definition) is 3. The van der Waals surface area contributed by atoms with E-state index in [1.807, 2.05) is 12.1 Å². The van der Waals surface area contributed by atoms with Gasteiger partial charge >= 0.3 is 0 Å². The number of hydrogen-bond acceptors (Lipinski definition) is 5. The summed E-state index contributed by atoms with van der Waals surface area (Å²) in [4.78, 5) is 23.2. The summed E-state index contributed by atoms with van der Waals surface area (Å²) in [5, 5.41) is 9.86. The standard InChI is InChI=1S/C23H38N6O2/c1-3-10-25-21(30)16-29-12-8-20(9-13-29)28-23(24-4-2)27-15-19-7-11-26-22(14-19)31-17-18-5-6-18/h7,11,14,18,20H,3-6,8-10,12-13,15-17H2,1-2H3,(H,25,30)(H2,24,27,28). The number of rotatable bonds is 11. The molecule has 8 nitrogen and oxygen atoms in total. The fraction of sp³-hybridized carbons (Fsp3) is 0.696. The fourth-order valence-electron chi connectivity index (χ4n) is 3.56. The van der Waals surface area contributed by atoms with E-state index in [4.69, 9.17) is 9.73 Å². The number of nitrogens with zero attached hydrogens (tertiary/aromatic N) is 3. The highest BCUT2D eigenvalue weighted by molar-refractivity contribution is 5.80. The molecule has 0 spiro atoms. The lowest BCUT2D eigenvalue weighted by Gasteiger charge is -2.32. The van der Waals surface area contributed by atoms with E-state index in [0.29, 0.717) is 30.9 Å². The van der Waals surface area contributed by atoms with E-state index in [2.05, 4.69) is 39.7 Å². The molecule has 8 heteroatoms. The number of amides is 1. The third-order valence-corrected chi connectivity index (χ3v) is 5.59. The van der Waals surface area contributed by atoms with Gasteiger partial charge in [0, 0.05) is 44.5 Å². The zero-order valence-electron chi connectivity index (χ0n) is 19.0. The van der Waals surface area contributed by atoms with Crippen molar-refractivity contribution in [3.63, 3.8) is 0 Å². The van der Waals surface area contributed by atoms with Crippen molar-refractivity contribution in [1.29, 1.82) is 0 Å². The van der Waals surface area contributed by atoms with Crippen molar-refractivity contribution in [2.75, 3.05) is 39.3 Å². The molecule has 1 amide bonds. The van der Waals surface area contributed by atoms with Crippen LogP contribution in [0.4, 0.5) is 0 Å². The number of guanidine groups is 1. The minimum absolute atomic E-state index is 0.126. The highest BCUT2D eigenvalue weighted by Gasteiger charge is 2.22. The Morgan fingerprint density at radius 1 is 1.23 bits per heavy atom. The Kier molecular flexibility index (Phi) is 9.39. The maximum atomic E-state index is 11.9. The van der Waals surface area contributed by atoms with Gasteiger partial charge in [0.25, 0.3) is 0 Å².